The average molecular weight is 214 g/mol. The smallest absolute Gasteiger partial charge is 0.0501 e. The zero-order valence-electron chi connectivity index (χ0n) is 10.0. The summed E-state index contributed by atoms with van der Waals surface area (Å²) in [4.78, 5) is 2.52. The third kappa shape index (κ3) is 1.33. The molecule has 84 valence electrons. The van der Waals surface area contributed by atoms with Gasteiger partial charge in [0.1, 0.15) is 0 Å². The van der Waals surface area contributed by atoms with E-state index < -0.39 is 0 Å². The lowest BCUT2D eigenvalue weighted by molar-refractivity contribution is 0.949. The molecule has 3 rings (SSSR count). The molecular formula is C14H18N2. The van der Waals surface area contributed by atoms with Crippen molar-refractivity contribution in [3.05, 3.63) is 30.0 Å². The summed E-state index contributed by atoms with van der Waals surface area (Å²) in [5.74, 6) is 0. The van der Waals surface area contributed by atoms with Crippen molar-refractivity contribution in [3.8, 4) is 0 Å². The van der Waals surface area contributed by atoms with E-state index in [0.717, 1.165) is 0 Å². The van der Waals surface area contributed by atoms with E-state index in [2.05, 4.69) is 47.8 Å². The summed E-state index contributed by atoms with van der Waals surface area (Å²) in [7, 11) is 2.13. The Bertz CT molecular complexity index is 519. The molecule has 16 heavy (non-hydrogen) atoms. The molecule has 1 aliphatic rings. The summed E-state index contributed by atoms with van der Waals surface area (Å²) in [6.45, 7) is 4.64. The average Bonchev–Trinajstić information content (AvgIpc) is 2.88. The predicted molar refractivity (Wildman–Crippen MR) is 69.1 cm³/mol. The number of fused-ring (bicyclic) bond motifs is 1. The quantitative estimate of drug-likeness (QED) is 0.708. The number of hydrogen-bond donors (Lipinski definition) is 0. The molecule has 0 atom stereocenters. The fraction of sp³-hybridized carbons (Fsp3) is 0.429. The maximum atomic E-state index is 2.52. The van der Waals surface area contributed by atoms with Crippen molar-refractivity contribution in [2.45, 2.75) is 19.8 Å². The monoisotopic (exact) mass is 214 g/mol. The molecule has 0 unspecified atom stereocenters. The highest BCUT2D eigenvalue weighted by molar-refractivity contribution is 5.95. The van der Waals surface area contributed by atoms with E-state index in [4.69, 9.17) is 0 Å². The van der Waals surface area contributed by atoms with E-state index in [1.54, 1.807) is 0 Å². The molecule has 0 spiro atoms. The first-order valence-corrected chi connectivity index (χ1v) is 6.07. The van der Waals surface area contributed by atoms with Crippen LogP contribution in [-0.4, -0.2) is 17.7 Å². The Kier molecular flexibility index (Phi) is 2.16. The number of anilines is 1. The number of rotatable bonds is 1. The van der Waals surface area contributed by atoms with Crippen LogP contribution in [0.25, 0.3) is 10.9 Å². The second-order valence-electron chi connectivity index (χ2n) is 4.79. The Morgan fingerprint density at radius 3 is 2.62 bits per heavy atom. The van der Waals surface area contributed by atoms with Gasteiger partial charge in [0.05, 0.1) is 5.52 Å². The van der Waals surface area contributed by atoms with Crippen molar-refractivity contribution in [1.82, 2.24) is 4.57 Å². The van der Waals surface area contributed by atoms with Crippen LogP contribution in [0.5, 0.6) is 0 Å². The lowest BCUT2D eigenvalue weighted by atomic mass is 10.1. The fourth-order valence-electron chi connectivity index (χ4n) is 2.87. The molecule has 0 saturated carbocycles. The highest BCUT2D eigenvalue weighted by atomic mass is 15.1. The molecule has 1 saturated heterocycles. The summed E-state index contributed by atoms with van der Waals surface area (Å²) in [6.07, 6.45) is 4.90. The molecule has 0 N–H and O–H groups in total. The van der Waals surface area contributed by atoms with Crippen molar-refractivity contribution in [1.29, 1.82) is 0 Å². The number of hydrogen-bond acceptors (Lipinski definition) is 1. The minimum Gasteiger partial charge on any atom is -0.371 e. The first-order valence-electron chi connectivity index (χ1n) is 6.07. The van der Waals surface area contributed by atoms with Gasteiger partial charge in [0.2, 0.25) is 0 Å². The van der Waals surface area contributed by atoms with Crippen LogP contribution in [0.4, 0.5) is 5.69 Å². The van der Waals surface area contributed by atoms with Crippen LogP contribution in [0, 0.1) is 6.92 Å². The molecule has 2 nitrogen and oxygen atoms in total. The van der Waals surface area contributed by atoms with E-state index >= 15 is 0 Å². The third-order valence-electron chi connectivity index (χ3n) is 3.63. The Labute approximate surface area is 96.5 Å². The second-order valence-corrected chi connectivity index (χ2v) is 4.79. The molecule has 0 radical (unpaired) electrons. The van der Waals surface area contributed by atoms with E-state index in [1.165, 1.54) is 48.1 Å². The first kappa shape index (κ1) is 9.76. The fourth-order valence-corrected chi connectivity index (χ4v) is 2.87. The number of aromatic nitrogens is 1. The molecule has 1 aromatic heterocycles. The SMILES string of the molecule is Cc1cn(C)c2cccc(N3CCCC3)c12. The van der Waals surface area contributed by atoms with E-state index in [9.17, 15) is 0 Å². The van der Waals surface area contributed by atoms with Crippen molar-refractivity contribution in [2.24, 2.45) is 7.05 Å². The van der Waals surface area contributed by atoms with Crippen molar-refractivity contribution in [2.75, 3.05) is 18.0 Å². The van der Waals surface area contributed by atoms with E-state index in [0.29, 0.717) is 0 Å². The van der Waals surface area contributed by atoms with Crippen LogP contribution in [0.1, 0.15) is 18.4 Å². The molecule has 1 aliphatic heterocycles. The van der Waals surface area contributed by atoms with Crippen molar-refractivity contribution in [3.63, 3.8) is 0 Å². The van der Waals surface area contributed by atoms with Gasteiger partial charge in [0, 0.05) is 37.4 Å². The summed E-state index contributed by atoms with van der Waals surface area (Å²) in [5.41, 5.74) is 4.16. The minimum atomic E-state index is 1.22. The molecule has 2 aromatic rings. The summed E-state index contributed by atoms with van der Waals surface area (Å²) < 4.78 is 2.23. The van der Waals surface area contributed by atoms with E-state index in [-0.39, 0.29) is 0 Å². The Hall–Kier alpha value is -1.44. The molecule has 2 heteroatoms. The summed E-state index contributed by atoms with van der Waals surface area (Å²) >= 11 is 0. The van der Waals surface area contributed by atoms with Gasteiger partial charge in [-0.2, -0.15) is 0 Å². The maximum Gasteiger partial charge on any atom is 0.0501 e. The minimum absolute atomic E-state index is 1.22. The van der Waals surface area contributed by atoms with Crippen LogP contribution in [0.3, 0.4) is 0 Å². The lowest BCUT2D eigenvalue weighted by Crippen LogP contribution is -2.17. The highest BCUT2D eigenvalue weighted by Gasteiger charge is 2.16. The van der Waals surface area contributed by atoms with Gasteiger partial charge in [0.25, 0.3) is 0 Å². The second kappa shape index (κ2) is 3.55. The normalized spacial score (nSPS) is 16.2. The molecule has 0 aliphatic carbocycles. The van der Waals surface area contributed by atoms with Crippen LogP contribution >= 0.6 is 0 Å². The molecule has 2 heterocycles. The summed E-state index contributed by atoms with van der Waals surface area (Å²) in [6, 6.07) is 6.65. The highest BCUT2D eigenvalue weighted by Crippen LogP contribution is 2.32. The van der Waals surface area contributed by atoms with Crippen LogP contribution < -0.4 is 4.90 Å². The first-order chi connectivity index (χ1) is 7.77. The topological polar surface area (TPSA) is 8.17 Å². The van der Waals surface area contributed by atoms with Gasteiger partial charge in [-0.15, -0.1) is 0 Å². The van der Waals surface area contributed by atoms with E-state index in [1.807, 2.05) is 0 Å². The van der Waals surface area contributed by atoms with Crippen LogP contribution in [-0.2, 0) is 7.05 Å². The van der Waals surface area contributed by atoms with Crippen molar-refractivity contribution < 1.29 is 0 Å². The van der Waals surface area contributed by atoms with Crippen molar-refractivity contribution >= 4 is 16.6 Å². The number of benzene rings is 1. The van der Waals surface area contributed by atoms with Gasteiger partial charge in [-0.1, -0.05) is 6.07 Å². The Morgan fingerprint density at radius 1 is 1.12 bits per heavy atom. The van der Waals surface area contributed by atoms with Gasteiger partial charge < -0.3 is 9.47 Å². The number of nitrogens with zero attached hydrogens (tertiary/aromatic N) is 2. The Balaban J connectivity index is 2.23. The van der Waals surface area contributed by atoms with Gasteiger partial charge >= 0.3 is 0 Å². The predicted octanol–water partition coefficient (Wildman–Crippen LogP) is 3.09. The largest absolute Gasteiger partial charge is 0.371 e. The van der Waals surface area contributed by atoms with Gasteiger partial charge in [0.15, 0.2) is 0 Å². The third-order valence-corrected chi connectivity index (χ3v) is 3.63. The van der Waals surface area contributed by atoms with Crippen LogP contribution in [0.15, 0.2) is 24.4 Å². The molecule has 1 fully saturated rings. The summed E-state index contributed by atoms with van der Waals surface area (Å²) in [5, 5.41) is 1.44. The van der Waals surface area contributed by atoms with Gasteiger partial charge in [-0.05, 0) is 37.5 Å². The molecule has 0 amide bonds. The number of aryl methyl sites for hydroxylation is 2. The maximum absolute atomic E-state index is 2.52. The Morgan fingerprint density at radius 2 is 1.88 bits per heavy atom. The van der Waals surface area contributed by atoms with Gasteiger partial charge in [-0.3, -0.25) is 0 Å². The molecular weight excluding hydrogens is 196 g/mol. The molecule has 0 bridgehead atoms. The lowest BCUT2D eigenvalue weighted by Gasteiger charge is -2.19. The zero-order chi connectivity index (χ0) is 11.1. The zero-order valence-corrected chi connectivity index (χ0v) is 10.0. The molecule has 1 aromatic carbocycles. The van der Waals surface area contributed by atoms with Crippen LogP contribution in [0.2, 0.25) is 0 Å². The standard InChI is InChI=1S/C14H18N2/c1-11-10-15(2)12-6-5-7-13(14(11)12)16-8-3-4-9-16/h5-7,10H,3-4,8-9H2,1-2H3. The van der Waals surface area contributed by atoms with Gasteiger partial charge in [-0.25, -0.2) is 0 Å².